The van der Waals surface area contributed by atoms with Crippen LogP contribution in [0.2, 0.25) is 0 Å². The van der Waals surface area contributed by atoms with Crippen molar-refractivity contribution in [2.24, 2.45) is 0 Å². The van der Waals surface area contributed by atoms with Crippen LogP contribution in [-0.2, 0) is 11.2 Å². The number of carboxylic acid groups (broad SMARTS) is 1. The van der Waals surface area contributed by atoms with E-state index < -0.39 is 11.6 Å². The standard InChI is InChI=1S/C24H28N6O4S/c1-13(2)30-20(25-12-26-30)21-27-19-16-6-5-14(9-17(16)34-8-7-18(19)35-21)15-10-29(11-15)22(31)24(3,4)28-23(32)33/h5-6,9,12-13,15,28H,7-8,10-11H2,1-4H3,(H,32,33). The van der Waals surface area contributed by atoms with E-state index in [2.05, 4.69) is 35.3 Å². The van der Waals surface area contributed by atoms with Crippen LogP contribution in [0.25, 0.3) is 22.1 Å². The molecular formula is C24H28N6O4S. The number of benzene rings is 1. The van der Waals surface area contributed by atoms with Gasteiger partial charge in [-0.1, -0.05) is 6.07 Å². The molecule has 0 unspecified atom stereocenters. The van der Waals surface area contributed by atoms with Crippen LogP contribution in [0.1, 0.15) is 50.1 Å². The van der Waals surface area contributed by atoms with Crippen molar-refractivity contribution in [2.45, 2.75) is 51.6 Å². The third kappa shape index (κ3) is 4.24. The number of nitrogens with zero attached hydrogens (tertiary/aromatic N) is 5. The molecule has 0 atom stereocenters. The van der Waals surface area contributed by atoms with Gasteiger partial charge in [-0.25, -0.2) is 19.4 Å². The van der Waals surface area contributed by atoms with Gasteiger partial charge in [0.05, 0.1) is 12.3 Å². The van der Waals surface area contributed by atoms with E-state index >= 15 is 0 Å². The number of carbonyl (C=O) groups excluding carboxylic acids is 1. The molecule has 0 bridgehead atoms. The normalized spacial score (nSPS) is 15.6. The fourth-order valence-corrected chi connectivity index (χ4v) is 5.59. The fourth-order valence-electron chi connectivity index (χ4n) is 4.54. The Morgan fingerprint density at radius 3 is 2.77 bits per heavy atom. The van der Waals surface area contributed by atoms with Gasteiger partial charge in [-0.15, -0.1) is 11.3 Å². The zero-order valence-electron chi connectivity index (χ0n) is 20.1. The van der Waals surface area contributed by atoms with Gasteiger partial charge in [-0.05, 0) is 45.4 Å². The summed E-state index contributed by atoms with van der Waals surface area (Å²) in [5, 5.41) is 16.5. The van der Waals surface area contributed by atoms with Crippen LogP contribution in [0.3, 0.4) is 0 Å². The SMILES string of the molecule is CC(C)n1ncnc1-c1nc2c(s1)CCOc1cc(C3CN(C(=O)C(C)(C)NC(=O)O)C3)ccc1-2. The van der Waals surface area contributed by atoms with Crippen molar-refractivity contribution < 1.29 is 19.4 Å². The van der Waals surface area contributed by atoms with Crippen LogP contribution in [0.4, 0.5) is 4.79 Å². The molecule has 2 aliphatic rings. The zero-order chi connectivity index (χ0) is 24.9. The van der Waals surface area contributed by atoms with Crippen LogP contribution >= 0.6 is 11.3 Å². The second-order valence-corrected chi connectivity index (χ2v) is 10.8. The van der Waals surface area contributed by atoms with Crippen LogP contribution < -0.4 is 10.1 Å². The first-order chi connectivity index (χ1) is 16.6. The van der Waals surface area contributed by atoms with Gasteiger partial charge in [0.1, 0.15) is 17.6 Å². The van der Waals surface area contributed by atoms with E-state index in [1.807, 2.05) is 16.8 Å². The monoisotopic (exact) mass is 496 g/mol. The lowest BCUT2D eigenvalue weighted by Crippen LogP contribution is -2.60. The predicted octanol–water partition coefficient (Wildman–Crippen LogP) is 3.56. The molecule has 3 aromatic rings. The molecule has 2 amide bonds. The molecular weight excluding hydrogens is 468 g/mol. The van der Waals surface area contributed by atoms with Gasteiger partial charge >= 0.3 is 6.09 Å². The second kappa shape index (κ2) is 8.63. The number of nitrogens with one attached hydrogen (secondary N) is 1. The molecule has 184 valence electrons. The zero-order valence-corrected chi connectivity index (χ0v) is 20.9. The highest BCUT2D eigenvalue weighted by atomic mass is 32.1. The highest BCUT2D eigenvalue weighted by molar-refractivity contribution is 7.15. The molecule has 4 heterocycles. The van der Waals surface area contributed by atoms with E-state index in [9.17, 15) is 9.59 Å². The quantitative estimate of drug-likeness (QED) is 0.554. The number of hydrogen-bond acceptors (Lipinski definition) is 7. The van der Waals surface area contributed by atoms with Gasteiger partial charge in [-0.2, -0.15) is 5.10 Å². The van der Waals surface area contributed by atoms with Crippen LogP contribution in [0.15, 0.2) is 24.5 Å². The summed E-state index contributed by atoms with van der Waals surface area (Å²) in [6.45, 7) is 8.94. The second-order valence-electron chi connectivity index (χ2n) is 9.73. The minimum Gasteiger partial charge on any atom is -0.492 e. The van der Waals surface area contributed by atoms with E-state index in [0.717, 1.165) is 39.8 Å². The highest BCUT2D eigenvalue weighted by Crippen LogP contribution is 2.42. The maximum Gasteiger partial charge on any atom is 0.405 e. The van der Waals surface area contributed by atoms with Crippen molar-refractivity contribution in [1.82, 2.24) is 30.0 Å². The Labute approximate surface area is 207 Å². The number of rotatable bonds is 5. The van der Waals surface area contributed by atoms with Crippen LogP contribution in [0.5, 0.6) is 5.75 Å². The Morgan fingerprint density at radius 1 is 1.29 bits per heavy atom. The van der Waals surface area contributed by atoms with Crippen molar-refractivity contribution in [3.05, 3.63) is 35.0 Å². The summed E-state index contributed by atoms with van der Waals surface area (Å²) in [4.78, 5) is 35.9. The van der Waals surface area contributed by atoms with Crippen molar-refractivity contribution in [1.29, 1.82) is 0 Å². The molecule has 0 aliphatic carbocycles. The minimum atomic E-state index is -1.21. The van der Waals surface area contributed by atoms with Gasteiger partial charge < -0.3 is 20.1 Å². The molecule has 0 radical (unpaired) electrons. The lowest BCUT2D eigenvalue weighted by atomic mass is 9.88. The molecule has 5 rings (SSSR count). The number of ether oxygens (including phenoxy) is 1. The number of hydrogen-bond donors (Lipinski definition) is 2. The first kappa shape index (κ1) is 23.3. The van der Waals surface area contributed by atoms with Gasteiger partial charge in [-0.3, -0.25) is 4.79 Å². The summed E-state index contributed by atoms with van der Waals surface area (Å²) in [7, 11) is 0. The molecule has 2 N–H and O–H groups in total. The predicted molar refractivity (Wildman–Crippen MR) is 131 cm³/mol. The Bertz CT molecular complexity index is 1290. The van der Waals surface area contributed by atoms with E-state index in [1.54, 1.807) is 36.4 Å². The molecule has 1 aromatic carbocycles. The average Bonchev–Trinajstić information content (AvgIpc) is 3.36. The van der Waals surface area contributed by atoms with E-state index in [0.29, 0.717) is 19.7 Å². The van der Waals surface area contributed by atoms with Crippen molar-refractivity contribution in [2.75, 3.05) is 19.7 Å². The third-order valence-corrected chi connectivity index (χ3v) is 7.50. The number of thiazole rings is 1. The Balaban J connectivity index is 1.36. The number of carbonyl (C=O) groups is 2. The van der Waals surface area contributed by atoms with E-state index in [1.165, 1.54) is 4.88 Å². The third-order valence-electron chi connectivity index (χ3n) is 6.39. The van der Waals surface area contributed by atoms with Gasteiger partial charge in [0.15, 0.2) is 10.8 Å². The molecule has 11 heteroatoms. The molecule has 35 heavy (non-hydrogen) atoms. The summed E-state index contributed by atoms with van der Waals surface area (Å²) in [5.41, 5.74) is 1.81. The number of likely N-dealkylation sites (tertiary alicyclic amines) is 1. The molecule has 1 saturated heterocycles. The van der Waals surface area contributed by atoms with E-state index in [4.69, 9.17) is 14.8 Å². The molecule has 10 nitrogen and oxygen atoms in total. The summed E-state index contributed by atoms with van der Waals surface area (Å²) < 4.78 is 7.98. The summed E-state index contributed by atoms with van der Waals surface area (Å²) in [5.74, 6) is 1.51. The van der Waals surface area contributed by atoms with Crippen LogP contribution in [0, 0.1) is 0 Å². The maximum absolute atomic E-state index is 12.7. The molecule has 0 saturated carbocycles. The maximum atomic E-state index is 12.7. The molecule has 0 spiro atoms. The molecule has 2 aliphatic heterocycles. The van der Waals surface area contributed by atoms with Crippen molar-refractivity contribution in [3.8, 4) is 27.8 Å². The largest absolute Gasteiger partial charge is 0.492 e. The number of fused-ring (bicyclic) bond motifs is 3. The highest BCUT2D eigenvalue weighted by Gasteiger charge is 2.40. The van der Waals surface area contributed by atoms with Gasteiger partial charge in [0.25, 0.3) is 0 Å². The van der Waals surface area contributed by atoms with Crippen molar-refractivity contribution >= 4 is 23.3 Å². The van der Waals surface area contributed by atoms with Crippen molar-refractivity contribution in [3.63, 3.8) is 0 Å². The fraction of sp³-hybridized carbons (Fsp3) is 0.458. The lowest BCUT2D eigenvalue weighted by molar-refractivity contribution is -0.141. The smallest absolute Gasteiger partial charge is 0.405 e. The van der Waals surface area contributed by atoms with Crippen LogP contribution in [-0.4, -0.2) is 67.0 Å². The first-order valence-electron chi connectivity index (χ1n) is 11.6. The Morgan fingerprint density at radius 2 is 2.06 bits per heavy atom. The minimum absolute atomic E-state index is 0.173. The summed E-state index contributed by atoms with van der Waals surface area (Å²) in [6, 6.07) is 6.35. The number of amides is 2. The Hall–Kier alpha value is -3.47. The average molecular weight is 497 g/mol. The molecule has 1 fully saturated rings. The Kier molecular flexibility index (Phi) is 5.74. The van der Waals surface area contributed by atoms with Gasteiger partial charge in [0.2, 0.25) is 5.91 Å². The lowest BCUT2D eigenvalue weighted by Gasteiger charge is -2.43. The molecule has 2 aromatic heterocycles. The van der Waals surface area contributed by atoms with Gasteiger partial charge in [0, 0.05) is 41.9 Å². The summed E-state index contributed by atoms with van der Waals surface area (Å²) in [6.07, 6.45) is 1.12. The topological polar surface area (TPSA) is 122 Å². The number of aromatic nitrogens is 4. The first-order valence-corrected chi connectivity index (χ1v) is 12.4. The summed E-state index contributed by atoms with van der Waals surface area (Å²) >= 11 is 1.63. The van der Waals surface area contributed by atoms with E-state index in [-0.39, 0.29) is 17.9 Å².